The van der Waals surface area contributed by atoms with Crippen LogP contribution in [0.25, 0.3) is 0 Å². The van der Waals surface area contributed by atoms with E-state index in [0.29, 0.717) is 18.2 Å². The monoisotopic (exact) mass is 241 g/mol. The predicted molar refractivity (Wildman–Crippen MR) is 69.9 cm³/mol. The smallest absolute Gasteiger partial charge is 0.137 e. The van der Waals surface area contributed by atoms with E-state index in [0.717, 1.165) is 25.8 Å². The van der Waals surface area contributed by atoms with Gasteiger partial charge in [0.2, 0.25) is 0 Å². The first-order chi connectivity index (χ1) is 7.81. The van der Waals surface area contributed by atoms with E-state index in [1.165, 1.54) is 6.42 Å². The van der Waals surface area contributed by atoms with Crippen LogP contribution in [0.5, 0.6) is 0 Å². The Balaban J connectivity index is 2.45. The van der Waals surface area contributed by atoms with Crippen molar-refractivity contribution in [2.75, 3.05) is 20.1 Å². The number of likely N-dealkylation sites (N-methyl/N-ethyl adjacent to an activating group) is 1. The van der Waals surface area contributed by atoms with Gasteiger partial charge in [0.15, 0.2) is 0 Å². The van der Waals surface area contributed by atoms with Crippen molar-refractivity contribution < 1.29 is 9.90 Å². The molecule has 1 N–H and O–H groups in total. The predicted octanol–water partition coefficient (Wildman–Crippen LogP) is 2.08. The van der Waals surface area contributed by atoms with Crippen LogP contribution in [0.3, 0.4) is 0 Å². The summed E-state index contributed by atoms with van der Waals surface area (Å²) in [5.41, 5.74) is -0.684. The third kappa shape index (κ3) is 5.17. The van der Waals surface area contributed by atoms with Crippen molar-refractivity contribution >= 4 is 5.78 Å². The number of carbonyl (C=O) groups is 1. The second-order valence-corrected chi connectivity index (χ2v) is 6.22. The molecule has 2 atom stereocenters. The normalized spacial score (nSPS) is 26.6. The average molecular weight is 241 g/mol. The molecule has 3 nitrogen and oxygen atoms in total. The molecule has 100 valence electrons. The van der Waals surface area contributed by atoms with Crippen molar-refractivity contribution in [1.82, 2.24) is 4.90 Å². The number of nitrogens with zero attached hydrogens (tertiary/aromatic N) is 1. The summed E-state index contributed by atoms with van der Waals surface area (Å²) < 4.78 is 0. The van der Waals surface area contributed by atoms with Crippen LogP contribution >= 0.6 is 0 Å². The fraction of sp³-hybridized carbons (Fsp3) is 0.929. The topological polar surface area (TPSA) is 40.5 Å². The molecule has 0 aromatic heterocycles. The van der Waals surface area contributed by atoms with Crippen LogP contribution in [0, 0.1) is 11.8 Å². The van der Waals surface area contributed by atoms with Crippen LogP contribution in [-0.4, -0.2) is 41.5 Å². The first-order valence-electron chi connectivity index (χ1n) is 6.75. The lowest BCUT2D eigenvalue weighted by Crippen LogP contribution is -2.41. The Morgan fingerprint density at radius 3 is 2.65 bits per heavy atom. The molecule has 17 heavy (non-hydrogen) atoms. The fourth-order valence-electron chi connectivity index (χ4n) is 2.85. The number of hydrogen-bond donors (Lipinski definition) is 1. The highest BCUT2D eigenvalue weighted by Gasteiger charge is 2.29. The summed E-state index contributed by atoms with van der Waals surface area (Å²) >= 11 is 0. The summed E-state index contributed by atoms with van der Waals surface area (Å²) in [5.74, 6) is 1.31. The van der Waals surface area contributed by atoms with E-state index in [2.05, 4.69) is 11.8 Å². The zero-order chi connectivity index (χ0) is 13.1. The van der Waals surface area contributed by atoms with Gasteiger partial charge in [0.25, 0.3) is 0 Å². The molecular formula is C14H27NO2. The molecule has 3 heteroatoms. The molecule has 0 spiro atoms. The van der Waals surface area contributed by atoms with Crippen LogP contribution in [0.4, 0.5) is 0 Å². The van der Waals surface area contributed by atoms with Crippen molar-refractivity contribution in [2.45, 2.75) is 52.1 Å². The quantitative estimate of drug-likeness (QED) is 0.801. The zero-order valence-electron chi connectivity index (χ0n) is 11.7. The second-order valence-electron chi connectivity index (χ2n) is 6.22. The SMILES string of the molecule is CCC1CCC(=O)C(CN(C)CC(C)(C)O)C1. The van der Waals surface area contributed by atoms with E-state index >= 15 is 0 Å². The molecule has 0 aromatic carbocycles. The third-order valence-corrected chi connectivity index (χ3v) is 3.64. The summed E-state index contributed by atoms with van der Waals surface area (Å²) in [4.78, 5) is 14.0. The van der Waals surface area contributed by atoms with E-state index in [9.17, 15) is 9.90 Å². The van der Waals surface area contributed by atoms with Crippen LogP contribution in [0.2, 0.25) is 0 Å². The Kier molecular flexibility index (Phi) is 5.14. The summed E-state index contributed by atoms with van der Waals surface area (Å²) in [6.45, 7) is 7.23. The fourth-order valence-corrected chi connectivity index (χ4v) is 2.85. The minimum Gasteiger partial charge on any atom is -0.389 e. The van der Waals surface area contributed by atoms with Gasteiger partial charge in [0.05, 0.1) is 5.60 Å². The molecule has 1 fully saturated rings. The molecule has 1 aliphatic rings. The van der Waals surface area contributed by atoms with E-state index in [1.807, 2.05) is 7.05 Å². The number of hydrogen-bond acceptors (Lipinski definition) is 3. The minimum absolute atomic E-state index is 0.182. The molecular weight excluding hydrogens is 214 g/mol. The highest BCUT2D eigenvalue weighted by Crippen LogP contribution is 2.29. The van der Waals surface area contributed by atoms with Gasteiger partial charge in [-0.2, -0.15) is 0 Å². The number of ketones is 1. The molecule has 1 aliphatic carbocycles. The Morgan fingerprint density at radius 1 is 1.47 bits per heavy atom. The van der Waals surface area contributed by atoms with Crippen molar-refractivity contribution in [3.05, 3.63) is 0 Å². The largest absolute Gasteiger partial charge is 0.389 e. The lowest BCUT2D eigenvalue weighted by molar-refractivity contribution is -0.126. The third-order valence-electron chi connectivity index (χ3n) is 3.64. The molecule has 0 radical (unpaired) electrons. The average Bonchev–Trinajstić information content (AvgIpc) is 2.18. The Labute approximate surface area is 105 Å². The van der Waals surface area contributed by atoms with E-state index in [4.69, 9.17) is 0 Å². The molecule has 0 saturated heterocycles. The molecule has 0 heterocycles. The van der Waals surface area contributed by atoms with Gasteiger partial charge in [-0.3, -0.25) is 4.79 Å². The van der Waals surface area contributed by atoms with Crippen LogP contribution in [0.1, 0.15) is 46.5 Å². The maximum Gasteiger partial charge on any atom is 0.137 e. The number of rotatable bonds is 5. The van der Waals surface area contributed by atoms with Gasteiger partial charge >= 0.3 is 0 Å². The number of Topliss-reactive ketones (excluding diaryl/α,β-unsaturated/α-hetero) is 1. The molecule has 1 rings (SSSR count). The van der Waals surface area contributed by atoms with Gasteiger partial charge in [0.1, 0.15) is 5.78 Å². The minimum atomic E-state index is -0.684. The first-order valence-corrected chi connectivity index (χ1v) is 6.75. The number of aliphatic hydroxyl groups is 1. The maximum atomic E-state index is 11.9. The van der Waals surface area contributed by atoms with Gasteiger partial charge in [-0.15, -0.1) is 0 Å². The van der Waals surface area contributed by atoms with Crippen molar-refractivity contribution in [1.29, 1.82) is 0 Å². The summed E-state index contributed by atoms with van der Waals surface area (Å²) in [6.07, 6.45) is 4.03. The molecule has 0 bridgehead atoms. The number of carbonyl (C=O) groups excluding carboxylic acids is 1. The molecule has 0 amide bonds. The van der Waals surface area contributed by atoms with E-state index in [1.54, 1.807) is 13.8 Å². The second kappa shape index (κ2) is 5.96. The lowest BCUT2D eigenvalue weighted by Gasteiger charge is -2.32. The van der Waals surface area contributed by atoms with Crippen molar-refractivity contribution in [3.8, 4) is 0 Å². The van der Waals surface area contributed by atoms with Gasteiger partial charge in [0, 0.05) is 25.4 Å². The van der Waals surface area contributed by atoms with Crippen molar-refractivity contribution in [2.24, 2.45) is 11.8 Å². The Morgan fingerprint density at radius 2 is 2.12 bits per heavy atom. The van der Waals surface area contributed by atoms with Gasteiger partial charge in [-0.05, 0) is 39.7 Å². The standard InChI is InChI=1S/C14H27NO2/c1-5-11-6-7-13(16)12(8-11)9-15(4)10-14(2,3)17/h11-12,17H,5-10H2,1-4H3. The summed E-state index contributed by atoms with van der Waals surface area (Å²) in [7, 11) is 1.99. The van der Waals surface area contributed by atoms with E-state index in [-0.39, 0.29) is 5.92 Å². The van der Waals surface area contributed by atoms with Gasteiger partial charge in [-0.1, -0.05) is 13.3 Å². The van der Waals surface area contributed by atoms with Crippen LogP contribution < -0.4 is 0 Å². The molecule has 1 saturated carbocycles. The van der Waals surface area contributed by atoms with Gasteiger partial charge in [-0.25, -0.2) is 0 Å². The molecule has 0 aromatic rings. The molecule has 2 unspecified atom stereocenters. The van der Waals surface area contributed by atoms with E-state index < -0.39 is 5.60 Å². The van der Waals surface area contributed by atoms with Gasteiger partial charge < -0.3 is 10.0 Å². The first kappa shape index (κ1) is 14.7. The van der Waals surface area contributed by atoms with Crippen LogP contribution in [-0.2, 0) is 4.79 Å². The maximum absolute atomic E-state index is 11.9. The van der Waals surface area contributed by atoms with Crippen molar-refractivity contribution in [3.63, 3.8) is 0 Å². The highest BCUT2D eigenvalue weighted by atomic mass is 16.3. The summed E-state index contributed by atoms with van der Waals surface area (Å²) in [5, 5.41) is 9.76. The lowest BCUT2D eigenvalue weighted by atomic mass is 9.79. The highest BCUT2D eigenvalue weighted by molar-refractivity contribution is 5.81. The Hall–Kier alpha value is -0.410. The van der Waals surface area contributed by atoms with Crippen LogP contribution in [0.15, 0.2) is 0 Å². The molecule has 0 aliphatic heterocycles. The summed E-state index contributed by atoms with van der Waals surface area (Å²) in [6, 6.07) is 0. The zero-order valence-corrected chi connectivity index (χ0v) is 11.7. The Bertz CT molecular complexity index is 257.